The molecule has 0 saturated carbocycles. The van der Waals surface area contributed by atoms with Crippen molar-refractivity contribution in [3.63, 3.8) is 0 Å². The van der Waals surface area contributed by atoms with E-state index in [1.807, 2.05) is 0 Å². The van der Waals surface area contributed by atoms with Crippen LogP contribution in [0.3, 0.4) is 0 Å². The van der Waals surface area contributed by atoms with Crippen LogP contribution in [0.25, 0.3) is 0 Å². The van der Waals surface area contributed by atoms with Crippen molar-refractivity contribution < 1.29 is 53.6 Å². The van der Waals surface area contributed by atoms with E-state index in [4.69, 9.17) is 39.3 Å². The van der Waals surface area contributed by atoms with Crippen LogP contribution < -0.4 is 0 Å². The number of methoxy groups -OCH3 is 2. The van der Waals surface area contributed by atoms with E-state index in [1.54, 1.807) is 6.92 Å². The van der Waals surface area contributed by atoms with Gasteiger partial charge < -0.3 is 37.9 Å². The second-order valence-electron chi connectivity index (χ2n) is 6.61. The Morgan fingerprint density at radius 1 is 0.828 bits per heavy atom. The van der Waals surface area contributed by atoms with Gasteiger partial charge in [0.15, 0.2) is 30.9 Å². The predicted molar refractivity (Wildman–Crippen MR) is 93.4 cm³/mol. The highest BCUT2D eigenvalue weighted by atomic mass is 16.8. The molecule has 0 N–H and O–H groups in total. The SMILES string of the molecule is [2H][C@H]1O[C@@H](OC)[C@H](OC)[C@H]1O[C@@H]1O[C@@H](C)[C@H](OC(C)=O)[C@@H](OC(C)=O)[C@H]1OC(C)=O. The van der Waals surface area contributed by atoms with Gasteiger partial charge in [-0.15, -0.1) is 0 Å². The van der Waals surface area contributed by atoms with Crippen molar-refractivity contribution in [1.29, 1.82) is 0 Å². The molecule has 0 aromatic rings. The van der Waals surface area contributed by atoms with E-state index >= 15 is 0 Å². The number of carbonyl (C=O) groups excluding carboxylic acids is 3. The van der Waals surface area contributed by atoms with Crippen molar-refractivity contribution >= 4 is 17.9 Å². The molecule has 29 heavy (non-hydrogen) atoms. The summed E-state index contributed by atoms with van der Waals surface area (Å²) in [5.41, 5.74) is 0. The fraction of sp³-hybridized carbons (Fsp3) is 0.833. The predicted octanol–water partition coefficient (Wildman–Crippen LogP) is -0.0708. The molecule has 2 heterocycles. The number of esters is 3. The second kappa shape index (κ2) is 10.3. The van der Waals surface area contributed by atoms with Crippen LogP contribution >= 0.6 is 0 Å². The molecule has 0 aromatic heterocycles. The van der Waals surface area contributed by atoms with Crippen LogP contribution in [0, 0.1) is 0 Å². The Kier molecular flexibility index (Phi) is 7.78. The molecule has 0 unspecified atom stereocenters. The van der Waals surface area contributed by atoms with E-state index < -0.39 is 73.7 Å². The van der Waals surface area contributed by atoms with Gasteiger partial charge in [-0.25, -0.2) is 0 Å². The molecule has 0 spiro atoms. The van der Waals surface area contributed by atoms with Gasteiger partial charge in [0, 0.05) is 35.0 Å². The molecule has 166 valence electrons. The van der Waals surface area contributed by atoms with Crippen LogP contribution in [0.4, 0.5) is 0 Å². The molecule has 2 fully saturated rings. The third-order valence-electron chi connectivity index (χ3n) is 4.37. The van der Waals surface area contributed by atoms with E-state index in [-0.39, 0.29) is 0 Å². The summed E-state index contributed by atoms with van der Waals surface area (Å²) < 4.78 is 51.5. The zero-order valence-corrected chi connectivity index (χ0v) is 17.2. The maximum atomic E-state index is 11.7. The Morgan fingerprint density at radius 2 is 1.38 bits per heavy atom. The van der Waals surface area contributed by atoms with Gasteiger partial charge in [0.05, 0.1) is 14.1 Å². The summed E-state index contributed by atoms with van der Waals surface area (Å²) in [5.74, 6) is -2.01. The average Bonchev–Trinajstić information content (AvgIpc) is 2.95. The summed E-state index contributed by atoms with van der Waals surface area (Å²) >= 11 is 0. The van der Waals surface area contributed by atoms with Gasteiger partial charge in [0.25, 0.3) is 0 Å². The first-order valence-corrected chi connectivity index (χ1v) is 9.04. The van der Waals surface area contributed by atoms with Gasteiger partial charge in [-0.2, -0.15) is 0 Å². The number of ether oxygens (including phenoxy) is 8. The molecule has 2 aliphatic rings. The number of carbonyl (C=O) groups is 3. The summed E-state index contributed by atoms with van der Waals surface area (Å²) in [6, 6.07) is 0. The molecule has 2 aliphatic heterocycles. The first-order valence-electron chi connectivity index (χ1n) is 9.62. The van der Waals surface area contributed by atoms with Crippen LogP contribution in [0.5, 0.6) is 0 Å². The van der Waals surface area contributed by atoms with Gasteiger partial charge in [-0.1, -0.05) is 0 Å². The number of hydrogen-bond acceptors (Lipinski definition) is 11. The van der Waals surface area contributed by atoms with Gasteiger partial charge in [-0.05, 0) is 6.92 Å². The topological polar surface area (TPSA) is 125 Å². The smallest absolute Gasteiger partial charge is 0.303 e. The normalized spacial score (nSPS) is 40.1. The minimum Gasteiger partial charge on any atom is -0.456 e. The molecule has 0 aliphatic carbocycles. The third kappa shape index (κ3) is 5.86. The quantitative estimate of drug-likeness (QED) is 0.405. The summed E-state index contributed by atoms with van der Waals surface area (Å²) in [6.45, 7) is 3.91. The van der Waals surface area contributed by atoms with Crippen LogP contribution in [0.15, 0.2) is 0 Å². The monoisotopic (exact) mass is 421 g/mol. The van der Waals surface area contributed by atoms with Gasteiger partial charge >= 0.3 is 17.9 Å². The molecule has 2 saturated heterocycles. The lowest BCUT2D eigenvalue weighted by atomic mass is 9.98. The number of hydrogen-bond donors (Lipinski definition) is 0. The maximum absolute atomic E-state index is 11.7. The van der Waals surface area contributed by atoms with Crippen LogP contribution in [-0.2, 0) is 52.3 Å². The third-order valence-corrected chi connectivity index (χ3v) is 4.37. The van der Waals surface area contributed by atoms with Gasteiger partial charge in [0.1, 0.15) is 12.2 Å². The maximum Gasteiger partial charge on any atom is 0.303 e. The molecule has 11 heteroatoms. The van der Waals surface area contributed by atoms with Crippen molar-refractivity contribution in [3.05, 3.63) is 0 Å². The van der Waals surface area contributed by atoms with Crippen molar-refractivity contribution in [2.75, 3.05) is 20.8 Å². The van der Waals surface area contributed by atoms with E-state index in [0.29, 0.717) is 0 Å². The molecular formula is C18H28O11. The molecule has 9 atom stereocenters. The molecule has 2 rings (SSSR count). The second-order valence-corrected chi connectivity index (χ2v) is 6.61. The minimum absolute atomic E-state index is 0.633. The minimum atomic E-state index is -1.28. The van der Waals surface area contributed by atoms with Crippen LogP contribution in [0.1, 0.15) is 29.1 Å². The average molecular weight is 421 g/mol. The molecule has 0 bridgehead atoms. The standard InChI is InChI=1S/C18H28O11/c1-8-13(26-9(2)19)15(27-10(3)20)16(28-11(4)21)18(25-8)29-12-7-24-17(23-6)14(12)22-5/h8,12-18H,7H2,1-6H3/t8-,12-,13-,14+,15+,16+,17+,18-/m0/s1/i7D/t7-,8+,12+,13+,14-,15-,16-,17-,18+/m1. The Labute approximate surface area is 170 Å². The Hall–Kier alpha value is -1.79. The fourth-order valence-corrected chi connectivity index (χ4v) is 3.24. The van der Waals surface area contributed by atoms with E-state index in [1.165, 1.54) is 28.1 Å². The Balaban J connectivity index is 2.33. The van der Waals surface area contributed by atoms with Crippen molar-refractivity contribution in [2.45, 2.75) is 76.9 Å². The van der Waals surface area contributed by atoms with Crippen molar-refractivity contribution in [3.8, 4) is 0 Å². The van der Waals surface area contributed by atoms with Crippen LogP contribution in [-0.4, -0.2) is 87.9 Å². The Morgan fingerprint density at radius 3 is 1.90 bits per heavy atom. The fourth-order valence-electron chi connectivity index (χ4n) is 3.24. The van der Waals surface area contributed by atoms with Crippen molar-refractivity contribution in [2.24, 2.45) is 0 Å². The zero-order chi connectivity index (χ0) is 22.6. The molecule has 0 amide bonds. The first-order chi connectivity index (χ1) is 14.1. The lowest BCUT2D eigenvalue weighted by molar-refractivity contribution is -0.314. The largest absolute Gasteiger partial charge is 0.456 e. The number of rotatable bonds is 7. The highest BCUT2D eigenvalue weighted by Crippen LogP contribution is 2.32. The van der Waals surface area contributed by atoms with Gasteiger partial charge in [0.2, 0.25) is 0 Å². The van der Waals surface area contributed by atoms with Gasteiger partial charge in [-0.3, -0.25) is 14.4 Å². The highest BCUT2D eigenvalue weighted by Gasteiger charge is 2.53. The summed E-state index contributed by atoms with van der Waals surface area (Å²) in [4.78, 5) is 35.0. The molecule has 0 radical (unpaired) electrons. The molecular weight excluding hydrogens is 392 g/mol. The zero-order valence-electron chi connectivity index (χ0n) is 18.2. The molecule has 11 nitrogen and oxygen atoms in total. The lowest BCUT2D eigenvalue weighted by Crippen LogP contribution is -2.62. The molecule has 0 aromatic carbocycles. The first kappa shape index (κ1) is 21.9. The highest BCUT2D eigenvalue weighted by molar-refractivity contribution is 5.68. The summed E-state index contributed by atoms with van der Waals surface area (Å²) in [5, 5.41) is 0. The van der Waals surface area contributed by atoms with E-state index in [9.17, 15) is 14.4 Å². The van der Waals surface area contributed by atoms with Crippen molar-refractivity contribution in [1.82, 2.24) is 0 Å². The summed E-state index contributed by atoms with van der Waals surface area (Å²) in [6.07, 6.45) is -8.18. The Bertz CT molecular complexity index is 629. The summed E-state index contributed by atoms with van der Waals surface area (Å²) in [7, 11) is 2.80. The van der Waals surface area contributed by atoms with E-state index in [0.717, 1.165) is 6.92 Å². The lowest BCUT2D eigenvalue weighted by Gasteiger charge is -2.44. The van der Waals surface area contributed by atoms with Crippen LogP contribution in [0.2, 0.25) is 0 Å². The van der Waals surface area contributed by atoms with E-state index in [2.05, 4.69) is 0 Å².